The third-order valence-electron chi connectivity index (χ3n) is 5.13. The number of aromatic hydroxyl groups is 1. The summed E-state index contributed by atoms with van der Waals surface area (Å²) in [5.74, 6) is -3.36. The number of phenolic OH excluding ortho intramolecular Hbond substituents is 1. The molecule has 2 atom stereocenters. The molecule has 192 valence electrons. The van der Waals surface area contributed by atoms with Crippen molar-refractivity contribution in [2.75, 3.05) is 13.1 Å². The minimum Gasteiger partial charge on any atom is -0.508 e. The first kappa shape index (κ1) is 27.8. The van der Waals surface area contributed by atoms with Crippen LogP contribution in [0.5, 0.6) is 5.75 Å². The number of amides is 4. The Balaban J connectivity index is 1.88. The molecule has 0 unspecified atom stereocenters. The van der Waals surface area contributed by atoms with E-state index in [9.17, 15) is 29.1 Å². The third-order valence-corrected chi connectivity index (χ3v) is 5.13. The van der Waals surface area contributed by atoms with Crippen molar-refractivity contribution in [1.82, 2.24) is 21.3 Å². The van der Waals surface area contributed by atoms with Crippen molar-refractivity contribution in [3.8, 4) is 5.75 Å². The minimum atomic E-state index is -1.21. The van der Waals surface area contributed by atoms with E-state index in [1.54, 1.807) is 42.5 Å². The van der Waals surface area contributed by atoms with E-state index >= 15 is 0 Å². The van der Waals surface area contributed by atoms with Gasteiger partial charge in [-0.3, -0.25) is 24.0 Å². The summed E-state index contributed by atoms with van der Waals surface area (Å²) in [7, 11) is 0. The van der Waals surface area contributed by atoms with Crippen LogP contribution in [0.2, 0.25) is 0 Å². The summed E-state index contributed by atoms with van der Waals surface area (Å²) in [5, 5.41) is 27.9. The topological polar surface area (TPSA) is 174 Å². The van der Waals surface area contributed by atoms with Crippen molar-refractivity contribution >= 4 is 29.6 Å². The second-order valence-electron chi connectivity index (χ2n) is 8.10. The summed E-state index contributed by atoms with van der Waals surface area (Å²) in [5.41, 5.74) is 1.62. The second kappa shape index (κ2) is 14.1. The zero-order valence-electron chi connectivity index (χ0n) is 19.8. The molecular weight excluding hydrogens is 468 g/mol. The van der Waals surface area contributed by atoms with Crippen molar-refractivity contribution in [3.05, 3.63) is 65.7 Å². The third kappa shape index (κ3) is 10.2. The summed E-state index contributed by atoms with van der Waals surface area (Å²) in [4.78, 5) is 60.0. The molecule has 0 bridgehead atoms. The van der Waals surface area contributed by atoms with Crippen LogP contribution in [-0.4, -0.2) is 65.0 Å². The number of hydrogen-bond acceptors (Lipinski definition) is 6. The molecule has 2 aromatic rings. The Kier molecular flexibility index (Phi) is 10.9. The van der Waals surface area contributed by atoms with Crippen molar-refractivity contribution in [2.24, 2.45) is 0 Å². The zero-order valence-corrected chi connectivity index (χ0v) is 19.8. The van der Waals surface area contributed by atoms with Crippen LogP contribution in [-0.2, 0) is 36.8 Å². The van der Waals surface area contributed by atoms with E-state index in [1.807, 2.05) is 0 Å². The van der Waals surface area contributed by atoms with Gasteiger partial charge in [0.15, 0.2) is 0 Å². The van der Waals surface area contributed by atoms with Gasteiger partial charge < -0.3 is 31.5 Å². The minimum absolute atomic E-state index is 0.129. The van der Waals surface area contributed by atoms with Crippen molar-refractivity contribution < 1.29 is 34.2 Å². The van der Waals surface area contributed by atoms with Gasteiger partial charge in [-0.05, 0) is 36.6 Å². The summed E-state index contributed by atoms with van der Waals surface area (Å²) in [6, 6.07) is 13.2. The van der Waals surface area contributed by atoms with E-state index in [2.05, 4.69) is 21.3 Å². The van der Waals surface area contributed by atoms with Gasteiger partial charge in [0.25, 0.3) is 0 Å². The molecule has 0 radical (unpaired) electrons. The van der Waals surface area contributed by atoms with Crippen LogP contribution in [0.15, 0.2) is 54.6 Å². The highest BCUT2D eigenvalue weighted by atomic mass is 16.4. The Morgan fingerprint density at radius 2 is 1.39 bits per heavy atom. The fraction of sp³-hybridized carbons (Fsp3) is 0.320. The van der Waals surface area contributed by atoms with Crippen molar-refractivity contribution in [3.63, 3.8) is 0 Å². The Morgan fingerprint density at radius 1 is 0.778 bits per heavy atom. The molecule has 0 spiro atoms. The van der Waals surface area contributed by atoms with Crippen molar-refractivity contribution in [2.45, 2.75) is 38.3 Å². The highest BCUT2D eigenvalue weighted by molar-refractivity contribution is 5.92. The molecule has 0 aliphatic rings. The van der Waals surface area contributed by atoms with E-state index in [-0.39, 0.29) is 31.0 Å². The largest absolute Gasteiger partial charge is 0.508 e. The highest BCUT2D eigenvalue weighted by Gasteiger charge is 2.23. The van der Waals surface area contributed by atoms with Gasteiger partial charge in [-0.1, -0.05) is 42.5 Å². The van der Waals surface area contributed by atoms with E-state index in [4.69, 9.17) is 5.11 Å². The Bertz CT molecular complexity index is 1060. The number of benzene rings is 2. The molecule has 2 rings (SSSR count). The molecule has 0 heterocycles. The lowest BCUT2D eigenvalue weighted by Crippen LogP contribution is -2.52. The lowest BCUT2D eigenvalue weighted by atomic mass is 10.1. The molecule has 0 fully saturated rings. The van der Waals surface area contributed by atoms with Gasteiger partial charge in [0.05, 0.1) is 13.1 Å². The monoisotopic (exact) mass is 498 g/mol. The normalized spacial score (nSPS) is 12.0. The zero-order chi connectivity index (χ0) is 26.5. The van der Waals surface area contributed by atoms with E-state index < -0.39 is 42.3 Å². The lowest BCUT2D eigenvalue weighted by molar-refractivity contribution is -0.141. The Labute approximate surface area is 208 Å². The number of carbonyl (C=O) groups excluding carboxylic acids is 4. The number of carboxylic acid groups (broad SMARTS) is 1. The van der Waals surface area contributed by atoms with Crippen molar-refractivity contribution in [1.29, 1.82) is 0 Å². The summed E-state index contributed by atoms with van der Waals surface area (Å²) < 4.78 is 0. The van der Waals surface area contributed by atoms with Gasteiger partial charge in [-0.25, -0.2) is 0 Å². The smallest absolute Gasteiger partial charge is 0.325 e. The molecule has 36 heavy (non-hydrogen) atoms. The molecule has 0 aliphatic carbocycles. The average Bonchev–Trinajstić information content (AvgIpc) is 2.85. The highest BCUT2D eigenvalue weighted by Crippen LogP contribution is 2.11. The molecule has 0 aromatic heterocycles. The molecule has 0 aliphatic heterocycles. The van der Waals surface area contributed by atoms with Crippen LogP contribution in [0.3, 0.4) is 0 Å². The number of nitrogens with one attached hydrogen (secondary N) is 4. The lowest BCUT2D eigenvalue weighted by Gasteiger charge is -2.19. The molecule has 2 aromatic carbocycles. The van der Waals surface area contributed by atoms with Crippen LogP contribution in [0.25, 0.3) is 0 Å². The molecule has 0 saturated carbocycles. The Hall–Kier alpha value is -4.41. The van der Waals surface area contributed by atoms with Gasteiger partial charge in [0.2, 0.25) is 23.6 Å². The van der Waals surface area contributed by atoms with Gasteiger partial charge in [-0.15, -0.1) is 0 Å². The van der Waals surface area contributed by atoms with Crippen LogP contribution >= 0.6 is 0 Å². The molecule has 6 N–H and O–H groups in total. The standard InChI is InChI=1S/C25H30N4O7/c1-16(25(35)36)28-22(32)15-27-24(34)20(13-18-5-3-2-4-6-18)29-23(33)14-26-21(31)12-9-17-7-10-19(30)11-8-17/h2-8,10-11,16,20,30H,9,12-15H2,1H3,(H,26,31)(H,27,34)(H,28,32)(H,29,33)(H,35,36)/t16-,20+/m1/s1. The fourth-order valence-electron chi connectivity index (χ4n) is 3.14. The van der Waals surface area contributed by atoms with E-state index in [0.29, 0.717) is 6.42 Å². The number of phenols is 1. The van der Waals surface area contributed by atoms with Gasteiger partial charge in [0.1, 0.15) is 17.8 Å². The summed E-state index contributed by atoms with van der Waals surface area (Å²) in [6.07, 6.45) is 0.700. The number of aryl methyl sites for hydroxylation is 1. The average molecular weight is 499 g/mol. The molecule has 4 amide bonds. The SMILES string of the molecule is C[C@@H](NC(=O)CNC(=O)[C@H](Cc1ccccc1)NC(=O)CNC(=O)CCc1ccc(O)cc1)C(=O)O. The van der Waals surface area contributed by atoms with Crippen LogP contribution in [0.4, 0.5) is 0 Å². The van der Waals surface area contributed by atoms with Gasteiger partial charge in [-0.2, -0.15) is 0 Å². The molecule has 11 heteroatoms. The molecular formula is C25H30N4O7. The maximum Gasteiger partial charge on any atom is 0.325 e. The van der Waals surface area contributed by atoms with E-state index in [1.165, 1.54) is 19.1 Å². The van der Waals surface area contributed by atoms with E-state index in [0.717, 1.165) is 11.1 Å². The first-order valence-electron chi connectivity index (χ1n) is 11.3. The molecule has 11 nitrogen and oxygen atoms in total. The number of hydrogen-bond donors (Lipinski definition) is 6. The first-order chi connectivity index (χ1) is 17.1. The molecule has 0 saturated heterocycles. The first-order valence-corrected chi connectivity index (χ1v) is 11.3. The Morgan fingerprint density at radius 3 is 2.03 bits per heavy atom. The van der Waals surface area contributed by atoms with Gasteiger partial charge in [0, 0.05) is 12.8 Å². The van der Waals surface area contributed by atoms with Crippen LogP contribution < -0.4 is 21.3 Å². The second-order valence-corrected chi connectivity index (χ2v) is 8.10. The van der Waals surface area contributed by atoms with Gasteiger partial charge >= 0.3 is 5.97 Å². The predicted octanol–water partition coefficient (Wildman–Crippen LogP) is -0.126. The predicted molar refractivity (Wildman–Crippen MR) is 130 cm³/mol. The summed E-state index contributed by atoms with van der Waals surface area (Å²) >= 11 is 0. The number of carbonyl (C=O) groups is 5. The quantitative estimate of drug-likeness (QED) is 0.223. The fourth-order valence-corrected chi connectivity index (χ4v) is 3.14. The summed E-state index contributed by atoms with van der Waals surface area (Å²) in [6.45, 7) is 0.481. The number of aliphatic carboxylic acids is 1. The van der Waals surface area contributed by atoms with Crippen LogP contribution in [0, 0.1) is 0 Å². The number of carboxylic acids is 1. The number of rotatable bonds is 13. The maximum absolute atomic E-state index is 12.7. The maximum atomic E-state index is 12.7. The van der Waals surface area contributed by atoms with Crippen LogP contribution in [0.1, 0.15) is 24.5 Å².